The molecule has 0 aliphatic heterocycles. The highest BCUT2D eigenvalue weighted by molar-refractivity contribution is 4.81. The van der Waals surface area contributed by atoms with Gasteiger partial charge in [-0.3, -0.25) is 0 Å². The Labute approximate surface area is 141 Å². The van der Waals surface area contributed by atoms with Crippen LogP contribution in [0.5, 0.6) is 0 Å². The minimum atomic E-state index is -1.33. The molecule has 5 N–H and O–H groups in total. The first kappa shape index (κ1) is 20.8. The van der Waals surface area contributed by atoms with Crippen molar-refractivity contribution in [3.8, 4) is 0 Å². The number of rotatable bonds is 6. The van der Waals surface area contributed by atoms with Gasteiger partial charge < -0.3 is 25.7 Å². The number of hydrogen-bond donors (Lipinski definition) is 5. The van der Waals surface area contributed by atoms with E-state index >= 15 is 0 Å². The fraction of sp³-hybridized carbons (Fsp3) is 1.00. The normalized spacial score (nSPS) is 24.9. The van der Waals surface area contributed by atoms with E-state index in [0.717, 1.165) is 12.8 Å². The summed E-state index contributed by atoms with van der Waals surface area (Å²) in [5.41, 5.74) is 0. The molecule has 0 spiro atoms. The molecule has 0 unspecified atom stereocenters. The highest BCUT2D eigenvalue weighted by Crippen LogP contribution is 2.17. The average molecular weight is 331 g/mol. The van der Waals surface area contributed by atoms with Crippen molar-refractivity contribution in [2.45, 2.75) is 108 Å². The molecular formula is C18H37NO4. The van der Waals surface area contributed by atoms with E-state index in [1.807, 2.05) is 0 Å². The quantitative estimate of drug-likeness (QED) is 0.511. The van der Waals surface area contributed by atoms with E-state index in [-0.39, 0.29) is 6.54 Å². The van der Waals surface area contributed by atoms with Gasteiger partial charge >= 0.3 is 0 Å². The molecule has 138 valence electrons. The summed E-state index contributed by atoms with van der Waals surface area (Å²) >= 11 is 0. The third kappa shape index (κ3) is 9.01. The zero-order valence-corrected chi connectivity index (χ0v) is 14.7. The lowest BCUT2D eigenvalue weighted by molar-refractivity contribution is -0.0991. The number of aliphatic hydroxyl groups is 4. The molecule has 0 aromatic carbocycles. The molecule has 0 saturated heterocycles. The van der Waals surface area contributed by atoms with E-state index in [0.29, 0.717) is 6.04 Å². The Kier molecular flexibility index (Phi) is 11.1. The molecule has 23 heavy (non-hydrogen) atoms. The largest absolute Gasteiger partial charge is 0.391 e. The first-order valence-electron chi connectivity index (χ1n) is 9.48. The summed E-state index contributed by atoms with van der Waals surface area (Å²) in [5, 5.41) is 42.1. The van der Waals surface area contributed by atoms with Crippen LogP contribution in [0.4, 0.5) is 0 Å². The maximum absolute atomic E-state index is 9.99. The van der Waals surface area contributed by atoms with E-state index in [4.69, 9.17) is 0 Å². The van der Waals surface area contributed by atoms with Gasteiger partial charge in [0.1, 0.15) is 12.2 Å². The number of nitrogens with one attached hydrogen (secondary N) is 1. The molecular weight excluding hydrogens is 294 g/mol. The Balaban J connectivity index is 2.35. The minimum absolute atomic E-state index is 0.246. The van der Waals surface area contributed by atoms with Crippen molar-refractivity contribution in [2.24, 2.45) is 0 Å². The molecule has 5 heteroatoms. The van der Waals surface area contributed by atoms with Gasteiger partial charge in [0, 0.05) is 12.6 Å². The molecule has 0 amide bonds. The topological polar surface area (TPSA) is 93.0 Å². The smallest absolute Gasteiger partial charge is 0.109 e. The average Bonchev–Trinajstić information content (AvgIpc) is 2.52. The van der Waals surface area contributed by atoms with Gasteiger partial charge in [0.25, 0.3) is 0 Å². The standard InChI is InChI=1S/C18H37NO4/c1-14(20)17(22)18(23)16(21)13-19-15-11-9-7-5-3-2-4-6-8-10-12-15/h14-23H,2-13H2,1H3/t14-,16+,17+,18-/m0/s1. The first-order valence-corrected chi connectivity index (χ1v) is 9.48. The Bertz CT molecular complexity index is 276. The van der Waals surface area contributed by atoms with Crippen molar-refractivity contribution in [1.29, 1.82) is 0 Å². The third-order valence-electron chi connectivity index (χ3n) is 4.96. The van der Waals surface area contributed by atoms with Crippen molar-refractivity contribution < 1.29 is 20.4 Å². The molecule has 4 atom stereocenters. The van der Waals surface area contributed by atoms with Crippen molar-refractivity contribution in [3.05, 3.63) is 0 Å². The van der Waals surface area contributed by atoms with Crippen LogP contribution in [0.25, 0.3) is 0 Å². The lowest BCUT2D eigenvalue weighted by Crippen LogP contribution is -2.48. The molecule has 1 saturated carbocycles. The fourth-order valence-corrected chi connectivity index (χ4v) is 3.29. The van der Waals surface area contributed by atoms with Gasteiger partial charge in [0.2, 0.25) is 0 Å². The van der Waals surface area contributed by atoms with Gasteiger partial charge in [0.15, 0.2) is 0 Å². The molecule has 0 heterocycles. The van der Waals surface area contributed by atoms with Crippen LogP contribution in [0.2, 0.25) is 0 Å². The summed E-state index contributed by atoms with van der Waals surface area (Å²) in [5.74, 6) is 0. The summed E-state index contributed by atoms with van der Waals surface area (Å²) in [6, 6.07) is 0.361. The highest BCUT2D eigenvalue weighted by Gasteiger charge is 2.28. The van der Waals surface area contributed by atoms with E-state index in [1.165, 1.54) is 64.7 Å². The lowest BCUT2D eigenvalue weighted by atomic mass is 9.97. The molecule has 1 aliphatic carbocycles. The Hall–Kier alpha value is -0.200. The predicted octanol–water partition coefficient (Wildman–Crippen LogP) is 1.71. The minimum Gasteiger partial charge on any atom is -0.391 e. The van der Waals surface area contributed by atoms with Crippen molar-refractivity contribution in [3.63, 3.8) is 0 Å². The Morgan fingerprint density at radius 1 is 0.739 bits per heavy atom. The van der Waals surface area contributed by atoms with Crippen LogP contribution in [0.3, 0.4) is 0 Å². The molecule has 0 aromatic heterocycles. The maximum Gasteiger partial charge on any atom is 0.109 e. The molecule has 0 bridgehead atoms. The monoisotopic (exact) mass is 331 g/mol. The fourth-order valence-electron chi connectivity index (χ4n) is 3.29. The molecule has 1 aliphatic rings. The maximum atomic E-state index is 9.99. The van der Waals surface area contributed by atoms with Crippen molar-refractivity contribution in [2.75, 3.05) is 6.54 Å². The summed E-state index contributed by atoms with van der Waals surface area (Å²) in [7, 11) is 0. The van der Waals surface area contributed by atoms with Gasteiger partial charge in [-0.2, -0.15) is 0 Å². The van der Waals surface area contributed by atoms with Gasteiger partial charge in [-0.05, 0) is 19.8 Å². The van der Waals surface area contributed by atoms with Crippen LogP contribution >= 0.6 is 0 Å². The number of hydrogen-bond acceptors (Lipinski definition) is 5. The van der Waals surface area contributed by atoms with Crippen LogP contribution < -0.4 is 5.32 Å². The van der Waals surface area contributed by atoms with Gasteiger partial charge in [-0.25, -0.2) is 0 Å². The summed E-state index contributed by atoms with van der Waals surface area (Å²) in [4.78, 5) is 0. The molecule has 5 nitrogen and oxygen atoms in total. The van der Waals surface area contributed by atoms with E-state index < -0.39 is 24.4 Å². The summed E-state index contributed by atoms with van der Waals surface area (Å²) in [6.45, 7) is 1.65. The van der Waals surface area contributed by atoms with Crippen molar-refractivity contribution in [1.82, 2.24) is 5.32 Å². The van der Waals surface area contributed by atoms with Gasteiger partial charge in [-0.15, -0.1) is 0 Å². The van der Waals surface area contributed by atoms with Crippen LogP contribution in [-0.2, 0) is 0 Å². The van der Waals surface area contributed by atoms with Gasteiger partial charge in [-0.1, -0.05) is 57.8 Å². The van der Waals surface area contributed by atoms with Crippen LogP contribution in [0, 0.1) is 0 Å². The predicted molar refractivity (Wildman–Crippen MR) is 92.3 cm³/mol. The number of aliphatic hydroxyl groups excluding tert-OH is 4. The van der Waals surface area contributed by atoms with Crippen LogP contribution in [0.15, 0.2) is 0 Å². The Morgan fingerprint density at radius 2 is 1.17 bits per heavy atom. The Morgan fingerprint density at radius 3 is 1.61 bits per heavy atom. The second-order valence-electron chi connectivity index (χ2n) is 7.15. The molecule has 0 radical (unpaired) electrons. The van der Waals surface area contributed by atoms with E-state index in [2.05, 4.69) is 5.32 Å². The van der Waals surface area contributed by atoms with Crippen molar-refractivity contribution >= 4 is 0 Å². The summed E-state index contributed by atoms with van der Waals surface area (Å²) in [6.07, 6.45) is 9.07. The summed E-state index contributed by atoms with van der Waals surface area (Å²) < 4.78 is 0. The van der Waals surface area contributed by atoms with E-state index in [9.17, 15) is 20.4 Å². The van der Waals surface area contributed by atoms with Gasteiger partial charge in [0.05, 0.1) is 12.2 Å². The molecule has 1 rings (SSSR count). The molecule has 0 aromatic rings. The third-order valence-corrected chi connectivity index (χ3v) is 4.96. The first-order chi connectivity index (χ1) is 11.0. The van der Waals surface area contributed by atoms with Crippen LogP contribution in [0.1, 0.15) is 77.6 Å². The zero-order chi connectivity index (χ0) is 17.1. The second-order valence-corrected chi connectivity index (χ2v) is 7.15. The zero-order valence-electron chi connectivity index (χ0n) is 14.7. The lowest BCUT2D eigenvalue weighted by Gasteiger charge is -2.27. The van der Waals surface area contributed by atoms with Crippen LogP contribution in [-0.4, -0.2) is 57.4 Å². The molecule has 1 fully saturated rings. The SMILES string of the molecule is C[C@H](O)[C@@H](O)[C@@H](O)[C@H](O)CNC1CCCCCCCCCCC1. The highest BCUT2D eigenvalue weighted by atomic mass is 16.4. The van der Waals surface area contributed by atoms with E-state index in [1.54, 1.807) is 0 Å². The second kappa shape index (κ2) is 12.2.